The molecule has 2 aromatic carbocycles. The lowest BCUT2D eigenvalue weighted by atomic mass is 10.1. The lowest BCUT2D eigenvalue weighted by Gasteiger charge is -2.09. The highest BCUT2D eigenvalue weighted by Crippen LogP contribution is 2.23. The lowest BCUT2D eigenvalue weighted by Crippen LogP contribution is -2.06. The van der Waals surface area contributed by atoms with Crippen molar-refractivity contribution in [2.75, 3.05) is 7.11 Å². The summed E-state index contributed by atoms with van der Waals surface area (Å²) in [6.07, 6.45) is 0. The van der Waals surface area contributed by atoms with Crippen molar-refractivity contribution >= 4 is 5.97 Å². The van der Waals surface area contributed by atoms with Gasteiger partial charge in [0.2, 0.25) is 0 Å². The molecule has 2 rings (SSSR count). The first-order valence-corrected chi connectivity index (χ1v) is 6.31. The summed E-state index contributed by atoms with van der Waals surface area (Å²) in [4.78, 5) is 11.9. The zero-order chi connectivity index (χ0) is 15.4. The molecule has 0 heterocycles. The summed E-state index contributed by atoms with van der Waals surface area (Å²) in [7, 11) is 1.37. The van der Waals surface area contributed by atoms with Gasteiger partial charge >= 0.3 is 5.97 Å². The Morgan fingerprint density at radius 1 is 1.29 bits per heavy atom. The number of phenols is 1. The van der Waals surface area contributed by atoms with E-state index in [2.05, 4.69) is 0 Å². The van der Waals surface area contributed by atoms with E-state index in [4.69, 9.17) is 9.47 Å². The van der Waals surface area contributed by atoms with Crippen LogP contribution in [0.4, 0.5) is 4.39 Å². The second-order valence-corrected chi connectivity index (χ2v) is 4.52. The Morgan fingerprint density at radius 3 is 2.71 bits per heavy atom. The predicted octanol–water partition coefficient (Wildman–Crippen LogP) is 3.21. The Balaban J connectivity index is 2.07. The maximum Gasteiger partial charge on any atom is 0.342 e. The second-order valence-electron chi connectivity index (χ2n) is 4.52. The third-order valence-corrected chi connectivity index (χ3v) is 3.04. The van der Waals surface area contributed by atoms with E-state index in [1.165, 1.54) is 25.3 Å². The van der Waals surface area contributed by atoms with Crippen LogP contribution >= 0.6 is 0 Å². The number of phenolic OH excluding ortho intramolecular Hbond substituents is 1. The number of aromatic hydroxyl groups is 1. The molecule has 0 atom stereocenters. The minimum atomic E-state index is -0.660. The molecule has 0 unspecified atom stereocenters. The van der Waals surface area contributed by atoms with Gasteiger partial charge in [-0.05, 0) is 36.2 Å². The lowest BCUT2D eigenvalue weighted by molar-refractivity contribution is 0.0469. The van der Waals surface area contributed by atoms with Gasteiger partial charge in [-0.2, -0.15) is 0 Å². The molecular weight excluding hydrogens is 275 g/mol. The van der Waals surface area contributed by atoms with Crippen molar-refractivity contribution in [1.29, 1.82) is 0 Å². The first-order chi connectivity index (χ1) is 10.0. The topological polar surface area (TPSA) is 55.8 Å². The van der Waals surface area contributed by atoms with E-state index in [0.29, 0.717) is 11.1 Å². The summed E-state index contributed by atoms with van der Waals surface area (Å²) < 4.78 is 23.4. The predicted molar refractivity (Wildman–Crippen MR) is 74.9 cm³/mol. The van der Waals surface area contributed by atoms with Crippen molar-refractivity contribution in [1.82, 2.24) is 0 Å². The number of hydrogen-bond donors (Lipinski definition) is 1. The first kappa shape index (κ1) is 14.8. The molecule has 0 aromatic heterocycles. The Kier molecular flexibility index (Phi) is 4.42. The van der Waals surface area contributed by atoms with Crippen LogP contribution in [0.3, 0.4) is 0 Å². The van der Waals surface area contributed by atoms with E-state index in [-0.39, 0.29) is 23.7 Å². The normalized spacial score (nSPS) is 10.2. The zero-order valence-corrected chi connectivity index (χ0v) is 11.7. The monoisotopic (exact) mass is 290 g/mol. The number of hydrogen-bond acceptors (Lipinski definition) is 4. The fourth-order valence-electron chi connectivity index (χ4n) is 1.85. The molecule has 110 valence electrons. The van der Waals surface area contributed by atoms with Crippen LogP contribution in [-0.4, -0.2) is 18.2 Å². The van der Waals surface area contributed by atoms with Crippen LogP contribution in [0.5, 0.6) is 11.5 Å². The average molecular weight is 290 g/mol. The van der Waals surface area contributed by atoms with Crippen LogP contribution in [0, 0.1) is 12.7 Å². The molecule has 2 aromatic rings. The van der Waals surface area contributed by atoms with Crippen molar-refractivity contribution in [3.8, 4) is 11.5 Å². The molecule has 21 heavy (non-hydrogen) atoms. The van der Waals surface area contributed by atoms with E-state index in [1.807, 2.05) is 0 Å². The number of methoxy groups -OCH3 is 1. The van der Waals surface area contributed by atoms with E-state index in [9.17, 15) is 14.3 Å². The van der Waals surface area contributed by atoms with Crippen LogP contribution in [-0.2, 0) is 11.3 Å². The van der Waals surface area contributed by atoms with Gasteiger partial charge in [0, 0.05) is 0 Å². The van der Waals surface area contributed by atoms with Crippen LogP contribution in [0.1, 0.15) is 21.5 Å². The maximum absolute atomic E-state index is 13.5. The van der Waals surface area contributed by atoms with Crippen LogP contribution in [0.2, 0.25) is 0 Å². The number of aryl methyl sites for hydroxylation is 1. The minimum absolute atomic E-state index is 0.0870. The fourth-order valence-corrected chi connectivity index (χ4v) is 1.85. The molecule has 0 aliphatic carbocycles. The minimum Gasteiger partial charge on any atom is -0.507 e. The van der Waals surface area contributed by atoms with Gasteiger partial charge < -0.3 is 14.6 Å². The van der Waals surface area contributed by atoms with Crippen LogP contribution < -0.4 is 4.74 Å². The van der Waals surface area contributed by atoms with E-state index >= 15 is 0 Å². The molecule has 0 aliphatic heterocycles. The van der Waals surface area contributed by atoms with Gasteiger partial charge in [-0.15, -0.1) is 0 Å². The van der Waals surface area contributed by atoms with E-state index in [1.54, 1.807) is 25.1 Å². The Hall–Kier alpha value is -2.56. The summed E-state index contributed by atoms with van der Waals surface area (Å²) in [5, 5.41) is 9.80. The molecule has 5 heteroatoms. The Bertz CT molecular complexity index is 667. The first-order valence-electron chi connectivity index (χ1n) is 6.31. The highest BCUT2D eigenvalue weighted by atomic mass is 19.1. The van der Waals surface area contributed by atoms with Gasteiger partial charge in [0.1, 0.15) is 17.9 Å². The van der Waals surface area contributed by atoms with Gasteiger partial charge in [0.25, 0.3) is 0 Å². The van der Waals surface area contributed by atoms with Crippen molar-refractivity contribution in [2.45, 2.75) is 13.5 Å². The van der Waals surface area contributed by atoms with Crippen LogP contribution in [0.25, 0.3) is 0 Å². The smallest absolute Gasteiger partial charge is 0.342 e. The molecule has 0 fully saturated rings. The third kappa shape index (κ3) is 3.31. The summed E-state index contributed by atoms with van der Waals surface area (Å²) in [5.74, 6) is -1.17. The molecular formula is C16H15FO4. The van der Waals surface area contributed by atoms with Crippen molar-refractivity contribution in [3.05, 3.63) is 58.9 Å². The summed E-state index contributed by atoms with van der Waals surface area (Å²) in [6.45, 7) is 1.60. The van der Waals surface area contributed by atoms with E-state index in [0.717, 1.165) is 0 Å². The quantitative estimate of drug-likeness (QED) is 0.878. The number of halogens is 1. The molecule has 0 aliphatic rings. The number of benzene rings is 2. The summed E-state index contributed by atoms with van der Waals surface area (Å²) >= 11 is 0. The molecule has 0 saturated heterocycles. The highest BCUT2D eigenvalue weighted by Gasteiger charge is 2.14. The fraction of sp³-hybridized carbons (Fsp3) is 0.188. The number of esters is 1. The van der Waals surface area contributed by atoms with Gasteiger partial charge in [-0.3, -0.25) is 0 Å². The Labute approximate surface area is 121 Å². The second kappa shape index (κ2) is 6.26. The summed E-state index contributed by atoms with van der Waals surface area (Å²) in [6, 6.07) is 9.11. The molecule has 0 radical (unpaired) electrons. The number of rotatable bonds is 4. The number of carbonyl (C=O) groups is 1. The van der Waals surface area contributed by atoms with Crippen molar-refractivity contribution in [2.24, 2.45) is 0 Å². The number of para-hydroxylation sites is 1. The van der Waals surface area contributed by atoms with Crippen molar-refractivity contribution in [3.63, 3.8) is 0 Å². The average Bonchev–Trinajstić information content (AvgIpc) is 2.47. The van der Waals surface area contributed by atoms with Crippen LogP contribution in [0.15, 0.2) is 36.4 Å². The zero-order valence-electron chi connectivity index (χ0n) is 11.7. The van der Waals surface area contributed by atoms with Gasteiger partial charge in [-0.1, -0.05) is 18.2 Å². The molecule has 0 amide bonds. The molecule has 4 nitrogen and oxygen atoms in total. The molecule has 0 spiro atoms. The third-order valence-electron chi connectivity index (χ3n) is 3.04. The SMILES string of the molecule is COc1ccc(COC(=O)c2cccc(C)c2O)cc1F. The number of ether oxygens (including phenoxy) is 2. The summed E-state index contributed by atoms with van der Waals surface area (Å²) in [5.41, 5.74) is 1.16. The van der Waals surface area contributed by atoms with Gasteiger partial charge in [0.15, 0.2) is 11.6 Å². The Morgan fingerprint density at radius 2 is 2.05 bits per heavy atom. The molecule has 0 bridgehead atoms. The van der Waals surface area contributed by atoms with Gasteiger partial charge in [0.05, 0.1) is 7.11 Å². The van der Waals surface area contributed by atoms with Crippen molar-refractivity contribution < 1.29 is 23.8 Å². The maximum atomic E-state index is 13.5. The van der Waals surface area contributed by atoms with Gasteiger partial charge in [-0.25, -0.2) is 9.18 Å². The highest BCUT2D eigenvalue weighted by molar-refractivity contribution is 5.92. The molecule has 1 N–H and O–H groups in total. The standard InChI is InChI=1S/C16H15FO4/c1-10-4-3-5-12(15(10)18)16(19)21-9-11-6-7-14(20-2)13(17)8-11/h3-8,18H,9H2,1-2H3. The largest absolute Gasteiger partial charge is 0.507 e. The molecule has 0 saturated carbocycles. The van der Waals surface area contributed by atoms with E-state index < -0.39 is 11.8 Å². The number of carbonyl (C=O) groups excluding carboxylic acids is 1.